The summed E-state index contributed by atoms with van der Waals surface area (Å²) < 4.78 is 36.9. The average Bonchev–Trinajstić information content (AvgIpc) is 3.10. The van der Waals surface area contributed by atoms with Gasteiger partial charge in [0.2, 0.25) is 21.6 Å². The quantitative estimate of drug-likeness (QED) is 0.334. The number of rotatable bonds is 6. The standard InChI is InChI=1S/C23H17Cl2NO5S/c1-30-22-18-8-6-14(13-4-3-5-16(10-13)26-32(2,28)29)11-20(18)31-23(22)21(27)17-9-7-15(24)12-19(17)25/h3-12,26H,1-2H3. The maximum absolute atomic E-state index is 13.1. The number of carbonyl (C=O) groups excluding carboxylic acids is 1. The van der Waals surface area contributed by atoms with E-state index in [4.69, 9.17) is 32.4 Å². The molecule has 1 heterocycles. The third-order valence-electron chi connectivity index (χ3n) is 4.73. The molecule has 0 amide bonds. The second-order valence-corrected chi connectivity index (χ2v) is 9.68. The number of ketones is 1. The first-order chi connectivity index (χ1) is 15.2. The molecule has 4 rings (SSSR count). The van der Waals surface area contributed by atoms with Gasteiger partial charge in [-0.05, 0) is 53.6 Å². The first-order valence-corrected chi connectivity index (χ1v) is 12.0. The fourth-order valence-electron chi connectivity index (χ4n) is 3.38. The van der Waals surface area contributed by atoms with Crippen LogP contribution >= 0.6 is 23.2 Å². The fraction of sp³-hybridized carbons (Fsp3) is 0.0870. The Hall–Kier alpha value is -3.00. The van der Waals surface area contributed by atoms with Gasteiger partial charge in [-0.3, -0.25) is 9.52 Å². The van der Waals surface area contributed by atoms with Crippen molar-refractivity contribution < 1.29 is 22.4 Å². The van der Waals surface area contributed by atoms with E-state index in [1.165, 1.54) is 19.2 Å². The maximum Gasteiger partial charge on any atom is 0.233 e. The van der Waals surface area contributed by atoms with Gasteiger partial charge in [0, 0.05) is 16.3 Å². The molecule has 0 aliphatic carbocycles. The molecule has 0 atom stereocenters. The molecule has 1 aromatic heterocycles. The van der Waals surface area contributed by atoms with Gasteiger partial charge < -0.3 is 9.15 Å². The maximum atomic E-state index is 13.1. The molecule has 0 fully saturated rings. The van der Waals surface area contributed by atoms with Gasteiger partial charge in [0.15, 0.2) is 5.75 Å². The van der Waals surface area contributed by atoms with Crippen LogP contribution in [0.25, 0.3) is 22.1 Å². The summed E-state index contributed by atoms with van der Waals surface area (Å²) in [5.74, 6) is -0.105. The molecule has 3 aromatic carbocycles. The number of carbonyl (C=O) groups is 1. The van der Waals surface area contributed by atoms with Gasteiger partial charge in [0.25, 0.3) is 0 Å². The molecule has 0 saturated carbocycles. The summed E-state index contributed by atoms with van der Waals surface area (Å²) in [5.41, 5.74) is 2.66. The summed E-state index contributed by atoms with van der Waals surface area (Å²) in [7, 11) is -1.94. The van der Waals surface area contributed by atoms with Crippen LogP contribution in [0.1, 0.15) is 16.1 Å². The van der Waals surface area contributed by atoms with E-state index in [9.17, 15) is 13.2 Å². The number of sulfonamides is 1. The molecule has 0 aliphatic rings. The lowest BCUT2D eigenvalue weighted by Crippen LogP contribution is -2.09. The summed E-state index contributed by atoms with van der Waals surface area (Å²) in [5, 5.41) is 1.25. The zero-order valence-corrected chi connectivity index (χ0v) is 19.3. The van der Waals surface area contributed by atoms with E-state index in [1.807, 2.05) is 12.1 Å². The largest absolute Gasteiger partial charge is 0.492 e. The van der Waals surface area contributed by atoms with E-state index in [2.05, 4.69) is 4.72 Å². The predicted octanol–water partition coefficient (Wildman–Crippen LogP) is 6.02. The second-order valence-electron chi connectivity index (χ2n) is 7.08. The molecule has 0 bridgehead atoms. The first kappa shape index (κ1) is 22.2. The number of fused-ring (bicyclic) bond motifs is 1. The molecular weight excluding hydrogens is 473 g/mol. The van der Waals surface area contributed by atoms with Crippen molar-refractivity contribution in [3.63, 3.8) is 0 Å². The number of benzene rings is 3. The van der Waals surface area contributed by atoms with Crippen molar-refractivity contribution in [3.8, 4) is 16.9 Å². The highest BCUT2D eigenvalue weighted by atomic mass is 35.5. The first-order valence-electron chi connectivity index (χ1n) is 9.35. The third kappa shape index (κ3) is 4.46. The molecule has 1 N–H and O–H groups in total. The summed E-state index contributed by atoms with van der Waals surface area (Å²) >= 11 is 12.1. The third-order valence-corrected chi connectivity index (χ3v) is 5.88. The fourth-order valence-corrected chi connectivity index (χ4v) is 4.43. The van der Waals surface area contributed by atoms with Crippen LogP contribution in [0.2, 0.25) is 10.0 Å². The molecule has 4 aromatic rings. The van der Waals surface area contributed by atoms with E-state index in [1.54, 1.807) is 36.4 Å². The highest BCUT2D eigenvalue weighted by Crippen LogP contribution is 2.38. The lowest BCUT2D eigenvalue weighted by Gasteiger charge is -2.07. The van der Waals surface area contributed by atoms with Crippen LogP contribution in [0.3, 0.4) is 0 Å². The number of hydrogen-bond acceptors (Lipinski definition) is 5. The minimum atomic E-state index is -3.40. The molecule has 0 spiro atoms. The Morgan fingerprint density at radius 1 is 1.00 bits per heavy atom. The normalized spacial score (nSPS) is 11.5. The molecule has 164 valence electrons. The molecule has 0 saturated heterocycles. The van der Waals surface area contributed by atoms with Gasteiger partial charge in [0.05, 0.1) is 23.8 Å². The molecule has 6 nitrogen and oxygen atoms in total. The van der Waals surface area contributed by atoms with Crippen LogP contribution in [0.15, 0.2) is 65.1 Å². The molecule has 0 unspecified atom stereocenters. The van der Waals surface area contributed by atoms with Crippen molar-refractivity contribution in [2.45, 2.75) is 0 Å². The van der Waals surface area contributed by atoms with Crippen LogP contribution in [-0.4, -0.2) is 27.6 Å². The van der Waals surface area contributed by atoms with E-state index in [0.29, 0.717) is 27.4 Å². The number of ether oxygens (including phenoxy) is 1. The topological polar surface area (TPSA) is 85.6 Å². The van der Waals surface area contributed by atoms with Crippen molar-refractivity contribution in [1.82, 2.24) is 0 Å². The Labute approximate surface area is 194 Å². The van der Waals surface area contributed by atoms with Crippen molar-refractivity contribution >= 4 is 55.7 Å². The molecule has 9 heteroatoms. The monoisotopic (exact) mass is 489 g/mol. The van der Waals surface area contributed by atoms with Crippen LogP contribution < -0.4 is 9.46 Å². The van der Waals surface area contributed by atoms with Crippen LogP contribution in [0.4, 0.5) is 5.69 Å². The Morgan fingerprint density at radius 3 is 2.44 bits per heavy atom. The Balaban J connectivity index is 1.78. The number of hydrogen-bond donors (Lipinski definition) is 1. The highest BCUT2D eigenvalue weighted by Gasteiger charge is 2.25. The van der Waals surface area contributed by atoms with E-state index >= 15 is 0 Å². The van der Waals surface area contributed by atoms with E-state index < -0.39 is 15.8 Å². The Kier molecular flexibility index (Phi) is 5.90. The summed E-state index contributed by atoms with van der Waals surface area (Å²) in [6.45, 7) is 0. The SMILES string of the molecule is COc1c(C(=O)c2ccc(Cl)cc2Cl)oc2cc(-c3cccc(NS(C)(=O)=O)c3)ccc12. The minimum absolute atomic E-state index is 0.0244. The molecular formula is C23H17Cl2NO5S. The van der Waals surface area contributed by atoms with Crippen molar-refractivity contribution in [2.75, 3.05) is 18.1 Å². The van der Waals surface area contributed by atoms with Crippen molar-refractivity contribution in [1.29, 1.82) is 0 Å². The summed E-state index contributed by atoms with van der Waals surface area (Å²) in [4.78, 5) is 13.1. The summed E-state index contributed by atoms with van der Waals surface area (Å²) in [6.07, 6.45) is 1.09. The van der Waals surface area contributed by atoms with Crippen LogP contribution in [0, 0.1) is 0 Å². The van der Waals surface area contributed by atoms with Gasteiger partial charge in [-0.15, -0.1) is 0 Å². The highest BCUT2D eigenvalue weighted by molar-refractivity contribution is 7.92. The van der Waals surface area contributed by atoms with Gasteiger partial charge in [-0.1, -0.05) is 41.4 Å². The number of nitrogens with one attached hydrogen (secondary N) is 1. The predicted molar refractivity (Wildman–Crippen MR) is 127 cm³/mol. The number of methoxy groups -OCH3 is 1. The van der Waals surface area contributed by atoms with Gasteiger partial charge in [-0.2, -0.15) is 0 Å². The summed E-state index contributed by atoms with van der Waals surface area (Å²) in [6, 6.07) is 16.9. The molecule has 0 radical (unpaired) electrons. The Bertz CT molecular complexity index is 1460. The lowest BCUT2D eigenvalue weighted by molar-refractivity contribution is 0.101. The van der Waals surface area contributed by atoms with Gasteiger partial charge in [0.1, 0.15) is 5.58 Å². The number of furan rings is 1. The van der Waals surface area contributed by atoms with Crippen LogP contribution in [-0.2, 0) is 10.0 Å². The average molecular weight is 490 g/mol. The second kappa shape index (κ2) is 8.50. The van der Waals surface area contributed by atoms with Gasteiger partial charge in [-0.25, -0.2) is 8.42 Å². The van der Waals surface area contributed by atoms with Crippen molar-refractivity contribution in [2.24, 2.45) is 0 Å². The zero-order valence-electron chi connectivity index (χ0n) is 17.0. The molecule has 0 aliphatic heterocycles. The van der Waals surface area contributed by atoms with Crippen LogP contribution in [0.5, 0.6) is 5.75 Å². The Morgan fingerprint density at radius 2 is 1.75 bits per heavy atom. The number of anilines is 1. The van der Waals surface area contributed by atoms with E-state index in [0.717, 1.165) is 17.4 Å². The number of halogens is 2. The molecule has 32 heavy (non-hydrogen) atoms. The lowest BCUT2D eigenvalue weighted by atomic mass is 10.0. The zero-order chi connectivity index (χ0) is 23.0. The van der Waals surface area contributed by atoms with Gasteiger partial charge >= 0.3 is 0 Å². The van der Waals surface area contributed by atoms with E-state index in [-0.39, 0.29) is 16.3 Å². The smallest absolute Gasteiger partial charge is 0.233 e. The minimum Gasteiger partial charge on any atom is -0.492 e. The van der Waals surface area contributed by atoms with Crippen molar-refractivity contribution in [3.05, 3.63) is 82.0 Å².